The number of methoxy groups -OCH3 is 1. The molecule has 1 aliphatic rings. The maximum Gasteiger partial charge on any atom is 0.185 e. The quantitative estimate of drug-likeness (QED) is 0.892. The second-order valence-electron chi connectivity index (χ2n) is 4.30. The minimum atomic E-state index is 0.107. The molecule has 2 heterocycles. The fourth-order valence-corrected chi connectivity index (χ4v) is 3.25. The van der Waals surface area contributed by atoms with Gasteiger partial charge in [0.05, 0.1) is 23.3 Å². The Morgan fingerprint density at radius 1 is 1.47 bits per heavy atom. The Kier molecular flexibility index (Phi) is 4.36. The fourth-order valence-electron chi connectivity index (χ4n) is 2.19. The molecule has 0 radical (unpaired) electrons. The Bertz CT molecular complexity index is 338. The summed E-state index contributed by atoms with van der Waals surface area (Å²) in [6, 6.07) is 0. The molecule has 0 saturated carbocycles. The first-order valence-electron chi connectivity index (χ1n) is 6.15. The zero-order valence-electron chi connectivity index (χ0n) is 10.5. The standard InChI is InChI=1S/C12H20N2O2S/c1-3-10-11(8-15)17-12(13-10)14-6-4-9(16-2)5-7-14/h9,15H,3-8H2,1-2H3. The van der Waals surface area contributed by atoms with Crippen molar-refractivity contribution in [2.24, 2.45) is 0 Å². The Labute approximate surface area is 106 Å². The van der Waals surface area contributed by atoms with E-state index >= 15 is 0 Å². The smallest absolute Gasteiger partial charge is 0.185 e. The van der Waals surface area contributed by atoms with Crippen LogP contribution in [0, 0.1) is 0 Å². The summed E-state index contributed by atoms with van der Waals surface area (Å²) in [5, 5.41) is 10.3. The molecule has 1 aliphatic heterocycles. The molecule has 0 aromatic carbocycles. The highest BCUT2D eigenvalue weighted by Crippen LogP contribution is 2.29. The van der Waals surface area contributed by atoms with Crippen LogP contribution in [-0.2, 0) is 17.8 Å². The van der Waals surface area contributed by atoms with Crippen LogP contribution in [0.5, 0.6) is 0 Å². The van der Waals surface area contributed by atoms with Crippen molar-refractivity contribution >= 4 is 16.5 Å². The Morgan fingerprint density at radius 2 is 2.18 bits per heavy atom. The van der Waals surface area contributed by atoms with E-state index in [4.69, 9.17) is 4.74 Å². The zero-order chi connectivity index (χ0) is 12.3. The molecule has 4 nitrogen and oxygen atoms in total. The zero-order valence-corrected chi connectivity index (χ0v) is 11.3. The molecular weight excluding hydrogens is 236 g/mol. The molecule has 1 aromatic heterocycles. The predicted octanol–water partition coefficient (Wildman–Crippen LogP) is 1.81. The largest absolute Gasteiger partial charge is 0.391 e. The van der Waals surface area contributed by atoms with Gasteiger partial charge in [-0.2, -0.15) is 0 Å². The van der Waals surface area contributed by atoms with E-state index in [0.717, 1.165) is 48.1 Å². The summed E-state index contributed by atoms with van der Waals surface area (Å²) >= 11 is 1.62. The van der Waals surface area contributed by atoms with E-state index in [0.29, 0.717) is 6.10 Å². The van der Waals surface area contributed by atoms with E-state index in [-0.39, 0.29) is 6.61 Å². The van der Waals surface area contributed by atoms with E-state index in [9.17, 15) is 5.11 Å². The molecule has 2 rings (SSSR count). The number of ether oxygens (including phenoxy) is 1. The first-order valence-corrected chi connectivity index (χ1v) is 6.97. The summed E-state index contributed by atoms with van der Waals surface area (Å²) in [5.74, 6) is 0. The highest BCUT2D eigenvalue weighted by atomic mass is 32.1. The lowest BCUT2D eigenvalue weighted by molar-refractivity contribution is 0.0819. The summed E-state index contributed by atoms with van der Waals surface area (Å²) in [4.78, 5) is 7.93. The van der Waals surface area contributed by atoms with E-state index in [1.807, 2.05) is 0 Å². The molecule has 96 valence electrons. The van der Waals surface area contributed by atoms with Gasteiger partial charge in [-0.25, -0.2) is 4.98 Å². The number of nitrogens with zero attached hydrogens (tertiary/aromatic N) is 2. The number of aliphatic hydroxyl groups is 1. The van der Waals surface area contributed by atoms with Crippen LogP contribution >= 0.6 is 11.3 Å². The summed E-state index contributed by atoms with van der Waals surface area (Å²) in [7, 11) is 1.78. The summed E-state index contributed by atoms with van der Waals surface area (Å²) in [6.45, 7) is 4.19. The number of aliphatic hydroxyl groups excluding tert-OH is 1. The van der Waals surface area contributed by atoms with Gasteiger partial charge in [0.1, 0.15) is 0 Å². The van der Waals surface area contributed by atoms with Gasteiger partial charge in [0, 0.05) is 20.2 Å². The third-order valence-corrected chi connectivity index (χ3v) is 4.43. The molecule has 0 aliphatic carbocycles. The van der Waals surface area contributed by atoms with Crippen LogP contribution in [0.1, 0.15) is 30.3 Å². The molecule has 17 heavy (non-hydrogen) atoms. The molecule has 0 amide bonds. The van der Waals surface area contributed by atoms with E-state index in [2.05, 4.69) is 16.8 Å². The summed E-state index contributed by atoms with van der Waals surface area (Å²) in [5.41, 5.74) is 1.04. The van der Waals surface area contributed by atoms with Crippen LogP contribution in [0.15, 0.2) is 0 Å². The number of rotatable bonds is 4. The van der Waals surface area contributed by atoms with Crippen LogP contribution in [0.25, 0.3) is 0 Å². The highest BCUT2D eigenvalue weighted by Gasteiger charge is 2.22. The van der Waals surface area contributed by atoms with Crippen molar-refractivity contribution in [2.45, 2.75) is 38.9 Å². The molecule has 0 spiro atoms. The number of aryl methyl sites for hydroxylation is 1. The third-order valence-electron chi connectivity index (χ3n) is 3.29. The van der Waals surface area contributed by atoms with Gasteiger partial charge in [-0.15, -0.1) is 0 Å². The average Bonchev–Trinajstić information content (AvgIpc) is 2.82. The van der Waals surface area contributed by atoms with Crippen LogP contribution in [-0.4, -0.2) is 36.4 Å². The Hall–Kier alpha value is -0.650. The number of hydrogen-bond donors (Lipinski definition) is 1. The van der Waals surface area contributed by atoms with Crippen molar-refractivity contribution in [3.05, 3.63) is 10.6 Å². The molecule has 0 atom stereocenters. The van der Waals surface area contributed by atoms with Gasteiger partial charge in [0.15, 0.2) is 5.13 Å². The van der Waals surface area contributed by atoms with Gasteiger partial charge in [0.25, 0.3) is 0 Å². The molecule has 1 N–H and O–H groups in total. The highest BCUT2D eigenvalue weighted by molar-refractivity contribution is 7.15. The SMILES string of the molecule is CCc1nc(N2CCC(OC)CC2)sc1CO. The number of aromatic nitrogens is 1. The van der Waals surface area contributed by atoms with Gasteiger partial charge in [-0.3, -0.25) is 0 Å². The number of hydrogen-bond acceptors (Lipinski definition) is 5. The van der Waals surface area contributed by atoms with E-state index in [1.165, 1.54) is 0 Å². The molecule has 0 bridgehead atoms. The van der Waals surface area contributed by atoms with Gasteiger partial charge < -0.3 is 14.7 Å². The molecule has 5 heteroatoms. The Morgan fingerprint density at radius 3 is 2.65 bits per heavy atom. The van der Waals surface area contributed by atoms with Gasteiger partial charge in [-0.1, -0.05) is 18.3 Å². The number of piperidine rings is 1. The first-order chi connectivity index (χ1) is 8.28. The molecule has 1 saturated heterocycles. The third kappa shape index (κ3) is 2.78. The molecule has 1 aromatic rings. The van der Waals surface area contributed by atoms with Crippen LogP contribution in [0.3, 0.4) is 0 Å². The van der Waals surface area contributed by atoms with Crippen molar-refractivity contribution in [2.75, 3.05) is 25.1 Å². The molecule has 1 fully saturated rings. The lowest BCUT2D eigenvalue weighted by atomic mass is 10.1. The lowest BCUT2D eigenvalue weighted by Gasteiger charge is -2.30. The van der Waals surface area contributed by atoms with Gasteiger partial charge in [-0.05, 0) is 19.3 Å². The molecular formula is C12H20N2O2S. The Balaban J connectivity index is 2.05. The summed E-state index contributed by atoms with van der Waals surface area (Å²) < 4.78 is 5.36. The summed E-state index contributed by atoms with van der Waals surface area (Å²) in [6.07, 6.45) is 3.41. The second kappa shape index (κ2) is 5.80. The first kappa shape index (κ1) is 12.8. The van der Waals surface area contributed by atoms with Crippen LogP contribution < -0.4 is 4.90 Å². The maximum absolute atomic E-state index is 9.27. The monoisotopic (exact) mass is 256 g/mol. The second-order valence-corrected chi connectivity index (χ2v) is 5.36. The van der Waals surface area contributed by atoms with Crippen molar-refractivity contribution in [3.63, 3.8) is 0 Å². The fraction of sp³-hybridized carbons (Fsp3) is 0.750. The van der Waals surface area contributed by atoms with Gasteiger partial charge >= 0.3 is 0 Å². The average molecular weight is 256 g/mol. The normalized spacial score (nSPS) is 17.7. The molecule has 0 unspecified atom stereocenters. The topological polar surface area (TPSA) is 45.6 Å². The van der Waals surface area contributed by atoms with Crippen molar-refractivity contribution < 1.29 is 9.84 Å². The maximum atomic E-state index is 9.27. The predicted molar refractivity (Wildman–Crippen MR) is 69.7 cm³/mol. The number of anilines is 1. The lowest BCUT2D eigenvalue weighted by Crippen LogP contribution is -2.36. The van der Waals surface area contributed by atoms with E-state index < -0.39 is 0 Å². The van der Waals surface area contributed by atoms with E-state index in [1.54, 1.807) is 18.4 Å². The van der Waals surface area contributed by atoms with Crippen molar-refractivity contribution in [1.82, 2.24) is 4.98 Å². The van der Waals surface area contributed by atoms with Crippen molar-refractivity contribution in [1.29, 1.82) is 0 Å². The van der Waals surface area contributed by atoms with Crippen molar-refractivity contribution in [3.8, 4) is 0 Å². The minimum Gasteiger partial charge on any atom is -0.391 e. The minimum absolute atomic E-state index is 0.107. The number of thiazole rings is 1. The van der Waals surface area contributed by atoms with Crippen LogP contribution in [0.2, 0.25) is 0 Å². The van der Waals surface area contributed by atoms with Crippen LogP contribution in [0.4, 0.5) is 5.13 Å². The van der Waals surface area contributed by atoms with Gasteiger partial charge in [0.2, 0.25) is 0 Å².